The minimum Gasteiger partial charge on any atom is -0.497 e. The highest BCUT2D eigenvalue weighted by Crippen LogP contribution is 2.15. The Hall–Kier alpha value is -2.90. The van der Waals surface area contributed by atoms with Gasteiger partial charge in [-0.15, -0.1) is 0 Å². The van der Waals surface area contributed by atoms with Gasteiger partial charge in [-0.3, -0.25) is 9.69 Å². The fourth-order valence-corrected chi connectivity index (χ4v) is 3.16. The standard InChI is InChI=1S/C23H29N3O4/c1-3-22(24-25-23(27)19-5-4-6-21(17-19)28-2)18-7-9-20(10-8-18)30-16-13-26-11-14-29-15-12-26/h4-10,17H,3,11-16H2,1-2H3,(H,25,27)/b24-22-. The molecule has 0 bridgehead atoms. The van der Waals surface area contributed by atoms with Crippen LogP contribution in [0.2, 0.25) is 0 Å². The van der Waals surface area contributed by atoms with E-state index in [0.29, 0.717) is 24.3 Å². The molecule has 1 heterocycles. The zero-order valence-corrected chi connectivity index (χ0v) is 17.6. The summed E-state index contributed by atoms with van der Waals surface area (Å²) in [4.78, 5) is 14.7. The van der Waals surface area contributed by atoms with E-state index in [9.17, 15) is 4.79 Å². The number of rotatable bonds is 9. The van der Waals surface area contributed by atoms with Gasteiger partial charge in [-0.1, -0.05) is 13.0 Å². The molecule has 7 heteroatoms. The van der Waals surface area contributed by atoms with E-state index in [1.54, 1.807) is 31.4 Å². The lowest BCUT2D eigenvalue weighted by Gasteiger charge is -2.26. The molecule has 0 aliphatic carbocycles. The lowest BCUT2D eigenvalue weighted by Crippen LogP contribution is -2.38. The van der Waals surface area contributed by atoms with Crippen molar-refractivity contribution in [1.82, 2.24) is 10.3 Å². The molecule has 1 aliphatic heterocycles. The third-order valence-corrected chi connectivity index (χ3v) is 4.93. The van der Waals surface area contributed by atoms with Gasteiger partial charge in [0.15, 0.2) is 0 Å². The fraction of sp³-hybridized carbons (Fsp3) is 0.391. The number of benzene rings is 2. The van der Waals surface area contributed by atoms with Crippen LogP contribution in [0.1, 0.15) is 29.3 Å². The Balaban J connectivity index is 1.54. The van der Waals surface area contributed by atoms with E-state index < -0.39 is 0 Å². The Bertz CT molecular complexity index is 846. The summed E-state index contributed by atoms with van der Waals surface area (Å²) in [7, 11) is 1.57. The summed E-state index contributed by atoms with van der Waals surface area (Å²) in [5.74, 6) is 1.18. The summed E-state index contributed by atoms with van der Waals surface area (Å²) in [5.41, 5.74) is 4.87. The van der Waals surface area contributed by atoms with Crippen molar-refractivity contribution in [3.05, 3.63) is 59.7 Å². The van der Waals surface area contributed by atoms with Crippen LogP contribution in [-0.4, -0.2) is 63.1 Å². The van der Waals surface area contributed by atoms with Crippen LogP contribution in [0.5, 0.6) is 11.5 Å². The van der Waals surface area contributed by atoms with Crippen molar-refractivity contribution in [3.8, 4) is 11.5 Å². The highest BCUT2D eigenvalue weighted by atomic mass is 16.5. The number of hydrazone groups is 1. The van der Waals surface area contributed by atoms with Crippen molar-refractivity contribution < 1.29 is 19.0 Å². The van der Waals surface area contributed by atoms with Crippen molar-refractivity contribution in [1.29, 1.82) is 0 Å². The summed E-state index contributed by atoms with van der Waals surface area (Å²) >= 11 is 0. The SMILES string of the molecule is CC/C(=N/NC(=O)c1cccc(OC)c1)c1ccc(OCCN2CCOCC2)cc1. The van der Waals surface area contributed by atoms with Gasteiger partial charge in [-0.05, 0) is 54.4 Å². The maximum absolute atomic E-state index is 12.4. The van der Waals surface area contributed by atoms with Gasteiger partial charge in [0.25, 0.3) is 5.91 Å². The smallest absolute Gasteiger partial charge is 0.271 e. The number of carbonyl (C=O) groups is 1. The summed E-state index contributed by atoms with van der Waals surface area (Å²) in [6.07, 6.45) is 0.690. The molecule has 1 N–H and O–H groups in total. The van der Waals surface area contributed by atoms with E-state index in [2.05, 4.69) is 15.4 Å². The van der Waals surface area contributed by atoms with Gasteiger partial charge in [-0.2, -0.15) is 5.10 Å². The molecular weight excluding hydrogens is 382 g/mol. The summed E-state index contributed by atoms with van der Waals surface area (Å²) in [5, 5.41) is 4.31. The first kappa shape index (κ1) is 21.8. The highest BCUT2D eigenvalue weighted by Gasteiger charge is 2.10. The van der Waals surface area contributed by atoms with Crippen LogP contribution in [0.3, 0.4) is 0 Å². The number of nitrogens with zero attached hydrogens (tertiary/aromatic N) is 2. The topological polar surface area (TPSA) is 72.4 Å². The molecule has 3 rings (SSSR count). The van der Waals surface area contributed by atoms with Crippen molar-refractivity contribution in [2.75, 3.05) is 46.6 Å². The Morgan fingerprint density at radius 2 is 1.87 bits per heavy atom. The Morgan fingerprint density at radius 1 is 1.10 bits per heavy atom. The first-order chi connectivity index (χ1) is 14.7. The first-order valence-electron chi connectivity index (χ1n) is 10.2. The van der Waals surface area contributed by atoms with Crippen LogP contribution in [0.25, 0.3) is 0 Å². The van der Waals surface area contributed by atoms with Crippen LogP contribution in [0, 0.1) is 0 Å². The van der Waals surface area contributed by atoms with E-state index in [4.69, 9.17) is 14.2 Å². The van der Waals surface area contributed by atoms with Crippen LogP contribution >= 0.6 is 0 Å². The van der Waals surface area contributed by atoms with E-state index in [-0.39, 0.29) is 5.91 Å². The lowest BCUT2D eigenvalue weighted by molar-refractivity contribution is 0.0322. The molecule has 0 aromatic heterocycles. The molecule has 160 valence electrons. The predicted molar refractivity (Wildman–Crippen MR) is 116 cm³/mol. The van der Waals surface area contributed by atoms with Gasteiger partial charge in [0, 0.05) is 25.2 Å². The average Bonchev–Trinajstić information content (AvgIpc) is 2.81. The van der Waals surface area contributed by atoms with Crippen LogP contribution in [-0.2, 0) is 4.74 Å². The predicted octanol–water partition coefficient (Wildman–Crippen LogP) is 2.95. The fourth-order valence-electron chi connectivity index (χ4n) is 3.16. The minimum atomic E-state index is -0.275. The van der Waals surface area contributed by atoms with Gasteiger partial charge in [0.05, 0.1) is 26.0 Å². The van der Waals surface area contributed by atoms with E-state index in [0.717, 1.165) is 49.9 Å². The molecule has 2 aromatic rings. The molecular formula is C23H29N3O4. The number of hydrogen-bond acceptors (Lipinski definition) is 6. The third kappa shape index (κ3) is 6.30. The number of morpholine rings is 1. The zero-order chi connectivity index (χ0) is 21.2. The number of methoxy groups -OCH3 is 1. The van der Waals surface area contributed by atoms with Crippen LogP contribution < -0.4 is 14.9 Å². The molecule has 0 unspecified atom stereocenters. The van der Waals surface area contributed by atoms with Crippen LogP contribution in [0.4, 0.5) is 0 Å². The molecule has 0 atom stereocenters. The second-order valence-corrected chi connectivity index (χ2v) is 6.91. The molecule has 1 saturated heterocycles. The third-order valence-electron chi connectivity index (χ3n) is 4.93. The van der Waals surface area contributed by atoms with Crippen LogP contribution in [0.15, 0.2) is 53.6 Å². The Kier molecular flexibility index (Phi) is 8.23. The number of amides is 1. The molecule has 30 heavy (non-hydrogen) atoms. The minimum absolute atomic E-state index is 0.275. The first-order valence-corrected chi connectivity index (χ1v) is 10.2. The monoisotopic (exact) mass is 411 g/mol. The summed E-state index contributed by atoms with van der Waals surface area (Å²) in [6, 6.07) is 14.8. The number of nitrogens with one attached hydrogen (secondary N) is 1. The van der Waals surface area contributed by atoms with E-state index in [1.165, 1.54) is 0 Å². The average molecular weight is 412 g/mol. The second-order valence-electron chi connectivity index (χ2n) is 6.91. The lowest BCUT2D eigenvalue weighted by atomic mass is 10.1. The molecule has 7 nitrogen and oxygen atoms in total. The van der Waals surface area contributed by atoms with Gasteiger partial charge in [-0.25, -0.2) is 5.43 Å². The molecule has 1 aliphatic rings. The van der Waals surface area contributed by atoms with Gasteiger partial charge < -0.3 is 14.2 Å². The largest absolute Gasteiger partial charge is 0.497 e. The van der Waals surface area contributed by atoms with Gasteiger partial charge in [0.2, 0.25) is 0 Å². The summed E-state index contributed by atoms with van der Waals surface area (Å²) < 4.78 is 16.4. The summed E-state index contributed by atoms with van der Waals surface area (Å²) in [6.45, 7) is 7.04. The number of carbonyl (C=O) groups excluding carboxylic acids is 1. The van der Waals surface area contributed by atoms with E-state index in [1.807, 2.05) is 31.2 Å². The molecule has 0 saturated carbocycles. The normalized spacial score (nSPS) is 14.9. The molecule has 1 amide bonds. The number of hydrogen-bond donors (Lipinski definition) is 1. The molecule has 2 aromatic carbocycles. The Morgan fingerprint density at radius 3 is 2.57 bits per heavy atom. The highest BCUT2D eigenvalue weighted by molar-refractivity contribution is 6.02. The van der Waals surface area contributed by atoms with Crippen molar-refractivity contribution in [2.45, 2.75) is 13.3 Å². The van der Waals surface area contributed by atoms with Crippen molar-refractivity contribution in [3.63, 3.8) is 0 Å². The van der Waals surface area contributed by atoms with Gasteiger partial charge >= 0.3 is 0 Å². The molecule has 1 fully saturated rings. The molecule has 0 radical (unpaired) electrons. The second kappa shape index (κ2) is 11.3. The quantitative estimate of drug-likeness (QED) is 0.507. The zero-order valence-electron chi connectivity index (χ0n) is 17.6. The van der Waals surface area contributed by atoms with E-state index >= 15 is 0 Å². The van der Waals surface area contributed by atoms with Crippen molar-refractivity contribution in [2.24, 2.45) is 5.10 Å². The maximum atomic E-state index is 12.4. The van der Waals surface area contributed by atoms with Gasteiger partial charge in [0.1, 0.15) is 18.1 Å². The molecule has 0 spiro atoms. The Labute approximate surface area is 177 Å². The maximum Gasteiger partial charge on any atom is 0.271 e. The van der Waals surface area contributed by atoms with Crippen molar-refractivity contribution >= 4 is 11.6 Å². The number of ether oxygens (including phenoxy) is 3.